The van der Waals surface area contributed by atoms with E-state index < -0.39 is 0 Å². The highest BCUT2D eigenvalue weighted by Crippen LogP contribution is 2.24. The molecule has 16 heavy (non-hydrogen) atoms. The van der Waals surface area contributed by atoms with Gasteiger partial charge in [0.25, 0.3) is 0 Å². The number of halogens is 1. The summed E-state index contributed by atoms with van der Waals surface area (Å²) in [6.45, 7) is 2.45. The van der Waals surface area contributed by atoms with Crippen molar-refractivity contribution in [3.05, 3.63) is 33.8 Å². The first kappa shape index (κ1) is 13.2. The first-order valence-corrected chi connectivity index (χ1v) is 5.90. The first-order chi connectivity index (χ1) is 7.56. The Labute approximate surface area is 104 Å². The van der Waals surface area contributed by atoms with Crippen LogP contribution in [0, 0.1) is 6.92 Å². The van der Waals surface area contributed by atoms with Crippen molar-refractivity contribution in [1.29, 1.82) is 0 Å². The molecule has 0 spiro atoms. The molecule has 88 valence electrons. The molecule has 0 aromatic heterocycles. The molecule has 1 unspecified atom stereocenters. The van der Waals surface area contributed by atoms with Gasteiger partial charge in [-0.3, -0.25) is 4.79 Å². The van der Waals surface area contributed by atoms with E-state index >= 15 is 0 Å². The van der Waals surface area contributed by atoms with Gasteiger partial charge in [0, 0.05) is 10.4 Å². The van der Waals surface area contributed by atoms with Crippen LogP contribution < -0.4 is 5.73 Å². The normalized spacial score (nSPS) is 12.2. The van der Waals surface area contributed by atoms with E-state index in [0.29, 0.717) is 13.0 Å². The Morgan fingerprint density at radius 1 is 1.50 bits per heavy atom. The summed E-state index contributed by atoms with van der Waals surface area (Å²) < 4.78 is 5.66. The minimum atomic E-state index is -0.229. The molecule has 1 aromatic carbocycles. The first-order valence-electron chi connectivity index (χ1n) is 5.10. The number of hydrogen-bond donors (Lipinski definition) is 1. The van der Waals surface area contributed by atoms with Gasteiger partial charge in [-0.15, -0.1) is 0 Å². The number of nitrogens with two attached hydrogens (primary N) is 1. The lowest BCUT2D eigenvalue weighted by molar-refractivity contribution is -0.141. The van der Waals surface area contributed by atoms with Crippen molar-refractivity contribution < 1.29 is 9.53 Å². The minimum Gasteiger partial charge on any atom is -0.469 e. The lowest BCUT2D eigenvalue weighted by atomic mass is 9.95. The van der Waals surface area contributed by atoms with Gasteiger partial charge in [-0.1, -0.05) is 22.0 Å². The molecule has 1 rings (SSSR count). The Hall–Kier alpha value is -0.870. The van der Waals surface area contributed by atoms with Crippen LogP contribution in [0.3, 0.4) is 0 Å². The van der Waals surface area contributed by atoms with Gasteiger partial charge in [0.1, 0.15) is 0 Å². The maximum Gasteiger partial charge on any atom is 0.306 e. The van der Waals surface area contributed by atoms with Crippen LogP contribution in [0.4, 0.5) is 0 Å². The number of hydrogen-bond acceptors (Lipinski definition) is 3. The molecule has 0 saturated heterocycles. The summed E-state index contributed by atoms with van der Waals surface area (Å²) in [6, 6.07) is 6.06. The molecular formula is C12H16BrNO2. The van der Waals surface area contributed by atoms with Gasteiger partial charge < -0.3 is 10.5 Å². The predicted octanol–water partition coefficient (Wildman–Crippen LogP) is 2.36. The molecule has 0 fully saturated rings. The number of rotatable bonds is 4. The molecule has 0 aliphatic carbocycles. The Kier molecular flexibility index (Phi) is 4.96. The van der Waals surface area contributed by atoms with Crippen molar-refractivity contribution in [2.45, 2.75) is 19.3 Å². The Morgan fingerprint density at radius 2 is 2.19 bits per heavy atom. The van der Waals surface area contributed by atoms with E-state index in [0.717, 1.165) is 15.6 Å². The third-order valence-corrected chi connectivity index (χ3v) is 2.92. The van der Waals surface area contributed by atoms with Crippen molar-refractivity contribution >= 4 is 21.9 Å². The van der Waals surface area contributed by atoms with E-state index in [1.165, 1.54) is 7.11 Å². The van der Waals surface area contributed by atoms with Gasteiger partial charge in [-0.25, -0.2) is 0 Å². The van der Waals surface area contributed by atoms with Crippen LogP contribution in [0.25, 0.3) is 0 Å². The molecule has 0 heterocycles. The third-order valence-electron chi connectivity index (χ3n) is 2.46. The fourth-order valence-corrected chi connectivity index (χ4v) is 2.25. The summed E-state index contributed by atoms with van der Waals surface area (Å²) in [5, 5.41) is 0. The Bertz CT molecular complexity index is 359. The van der Waals surface area contributed by atoms with Crippen molar-refractivity contribution in [3.63, 3.8) is 0 Å². The van der Waals surface area contributed by atoms with Gasteiger partial charge in [-0.05, 0) is 36.7 Å². The molecule has 0 amide bonds. The van der Waals surface area contributed by atoms with Crippen LogP contribution in [0.2, 0.25) is 0 Å². The van der Waals surface area contributed by atoms with Gasteiger partial charge in [-0.2, -0.15) is 0 Å². The zero-order valence-corrected chi connectivity index (χ0v) is 11.1. The quantitative estimate of drug-likeness (QED) is 0.864. The second-order valence-corrected chi connectivity index (χ2v) is 4.69. The lowest BCUT2D eigenvalue weighted by Crippen LogP contribution is -2.17. The largest absolute Gasteiger partial charge is 0.469 e. The number of aryl methyl sites for hydroxylation is 1. The van der Waals surface area contributed by atoms with E-state index in [2.05, 4.69) is 20.7 Å². The van der Waals surface area contributed by atoms with Crippen LogP contribution in [-0.4, -0.2) is 19.6 Å². The molecule has 0 bridgehead atoms. The van der Waals surface area contributed by atoms with Crippen molar-refractivity contribution in [1.82, 2.24) is 0 Å². The van der Waals surface area contributed by atoms with Gasteiger partial charge in [0.15, 0.2) is 0 Å². The van der Waals surface area contributed by atoms with E-state index in [9.17, 15) is 4.79 Å². The van der Waals surface area contributed by atoms with Crippen LogP contribution in [0.5, 0.6) is 0 Å². The molecular weight excluding hydrogens is 270 g/mol. The van der Waals surface area contributed by atoms with Crippen LogP contribution in [0.1, 0.15) is 23.5 Å². The zero-order valence-electron chi connectivity index (χ0n) is 9.50. The summed E-state index contributed by atoms with van der Waals surface area (Å²) in [5.74, 6) is -0.211. The number of benzene rings is 1. The molecule has 2 N–H and O–H groups in total. The second-order valence-electron chi connectivity index (χ2n) is 3.77. The van der Waals surface area contributed by atoms with E-state index in [-0.39, 0.29) is 11.9 Å². The number of esters is 1. The lowest BCUT2D eigenvalue weighted by Gasteiger charge is -2.15. The van der Waals surface area contributed by atoms with Crippen molar-refractivity contribution in [2.24, 2.45) is 5.73 Å². The van der Waals surface area contributed by atoms with Gasteiger partial charge in [0.2, 0.25) is 0 Å². The molecule has 0 saturated carbocycles. The Balaban J connectivity index is 2.90. The van der Waals surface area contributed by atoms with Crippen LogP contribution >= 0.6 is 15.9 Å². The average Bonchev–Trinajstić information content (AvgIpc) is 2.24. The second kappa shape index (κ2) is 6.01. The number of carbonyl (C=O) groups is 1. The number of methoxy groups -OCH3 is 1. The van der Waals surface area contributed by atoms with E-state index in [1.54, 1.807) is 0 Å². The highest BCUT2D eigenvalue weighted by molar-refractivity contribution is 9.10. The van der Waals surface area contributed by atoms with E-state index in [4.69, 9.17) is 5.73 Å². The molecule has 3 nitrogen and oxygen atoms in total. The number of ether oxygens (including phenoxy) is 1. The Morgan fingerprint density at radius 3 is 2.69 bits per heavy atom. The highest BCUT2D eigenvalue weighted by atomic mass is 79.9. The van der Waals surface area contributed by atoms with Crippen LogP contribution in [-0.2, 0) is 9.53 Å². The third kappa shape index (κ3) is 3.61. The van der Waals surface area contributed by atoms with Crippen molar-refractivity contribution in [2.75, 3.05) is 13.7 Å². The monoisotopic (exact) mass is 285 g/mol. The summed E-state index contributed by atoms with van der Waals surface area (Å²) in [5.41, 5.74) is 7.90. The fraction of sp³-hybridized carbons (Fsp3) is 0.417. The van der Waals surface area contributed by atoms with E-state index in [1.807, 2.05) is 25.1 Å². The minimum absolute atomic E-state index is 0.0173. The highest BCUT2D eigenvalue weighted by Gasteiger charge is 2.15. The van der Waals surface area contributed by atoms with Gasteiger partial charge in [0.05, 0.1) is 13.5 Å². The summed E-state index contributed by atoms with van der Waals surface area (Å²) in [7, 11) is 1.39. The SMILES string of the molecule is COC(=O)CC(CN)c1cc(C)cc(Br)c1. The standard InChI is InChI=1S/C12H16BrNO2/c1-8-3-9(5-11(13)4-8)10(7-14)6-12(15)16-2/h3-5,10H,6-7,14H2,1-2H3. The summed E-state index contributed by atoms with van der Waals surface area (Å²) in [4.78, 5) is 11.2. The smallest absolute Gasteiger partial charge is 0.306 e. The summed E-state index contributed by atoms with van der Waals surface area (Å²) in [6.07, 6.45) is 0.322. The maximum atomic E-state index is 11.2. The maximum absolute atomic E-state index is 11.2. The molecule has 0 radical (unpaired) electrons. The van der Waals surface area contributed by atoms with Crippen LogP contribution in [0.15, 0.2) is 22.7 Å². The summed E-state index contributed by atoms with van der Waals surface area (Å²) >= 11 is 3.44. The molecule has 1 atom stereocenters. The fourth-order valence-electron chi connectivity index (χ4n) is 1.62. The zero-order chi connectivity index (χ0) is 12.1. The van der Waals surface area contributed by atoms with Gasteiger partial charge >= 0.3 is 5.97 Å². The average molecular weight is 286 g/mol. The number of carbonyl (C=O) groups excluding carboxylic acids is 1. The molecule has 4 heteroatoms. The topological polar surface area (TPSA) is 52.3 Å². The molecule has 0 aliphatic heterocycles. The predicted molar refractivity (Wildman–Crippen MR) is 67.3 cm³/mol. The van der Waals surface area contributed by atoms with Crippen molar-refractivity contribution in [3.8, 4) is 0 Å². The molecule has 1 aromatic rings. The molecule has 0 aliphatic rings.